The van der Waals surface area contributed by atoms with Gasteiger partial charge in [-0.2, -0.15) is 18.2 Å². The fourth-order valence-corrected chi connectivity index (χ4v) is 3.00. The topological polar surface area (TPSA) is 63.4 Å². The third-order valence-corrected chi connectivity index (χ3v) is 4.21. The largest absolute Gasteiger partial charge is 0.393 e. The van der Waals surface area contributed by atoms with E-state index in [1.165, 1.54) is 9.42 Å². The van der Waals surface area contributed by atoms with Crippen molar-refractivity contribution in [2.45, 2.75) is 39.3 Å². The van der Waals surface area contributed by atoms with E-state index in [4.69, 9.17) is 0 Å². The molecule has 0 unspecified atom stereocenters. The van der Waals surface area contributed by atoms with Gasteiger partial charge in [-0.05, 0) is 32.8 Å². The number of hydrogen-bond donors (Lipinski definition) is 0. The van der Waals surface area contributed by atoms with Crippen LogP contribution in [0.3, 0.4) is 0 Å². The van der Waals surface area contributed by atoms with Gasteiger partial charge in [-0.25, -0.2) is 9.50 Å². The minimum absolute atomic E-state index is 0.0717. The number of aromatic nitrogens is 4. The molecule has 1 amide bonds. The normalized spacial score (nSPS) is 19.0. The van der Waals surface area contributed by atoms with Crippen molar-refractivity contribution in [1.29, 1.82) is 0 Å². The van der Waals surface area contributed by atoms with Crippen molar-refractivity contribution >= 4 is 11.7 Å². The van der Waals surface area contributed by atoms with E-state index in [0.717, 1.165) is 11.4 Å². The van der Waals surface area contributed by atoms with Crippen LogP contribution in [0.1, 0.15) is 30.1 Å². The summed E-state index contributed by atoms with van der Waals surface area (Å²) in [6.07, 6.45) is -3.96. The zero-order valence-corrected chi connectivity index (χ0v) is 13.5. The van der Waals surface area contributed by atoms with Gasteiger partial charge in [0.05, 0.1) is 12.3 Å². The molecule has 2 aromatic rings. The molecule has 0 saturated carbocycles. The summed E-state index contributed by atoms with van der Waals surface area (Å²) in [4.78, 5) is 22.0. The predicted octanol–water partition coefficient (Wildman–Crippen LogP) is 2.08. The van der Waals surface area contributed by atoms with E-state index in [1.807, 2.05) is 19.9 Å². The molecular weight excluding hydrogens is 323 g/mol. The van der Waals surface area contributed by atoms with Crippen LogP contribution in [0.15, 0.2) is 6.07 Å². The van der Waals surface area contributed by atoms with Crippen molar-refractivity contribution in [2.24, 2.45) is 5.92 Å². The standard InChI is InChI=1S/C15H18F3N5O/c1-9-6-10(2)23-14(19-9)20-12(21-23)7-13(24)22-5-3-4-11(8-22)15(16,17)18/h6,11H,3-5,7-8H2,1-2H3/t11-/m1/s1. The Kier molecular flexibility index (Phi) is 4.18. The third-order valence-electron chi connectivity index (χ3n) is 4.21. The Morgan fingerprint density at radius 2 is 2.08 bits per heavy atom. The number of rotatable bonds is 2. The molecule has 24 heavy (non-hydrogen) atoms. The minimum Gasteiger partial charge on any atom is -0.342 e. The Bertz CT molecular complexity index is 770. The second-order valence-electron chi connectivity index (χ2n) is 6.18. The number of carbonyl (C=O) groups excluding carboxylic acids is 1. The molecule has 1 aliphatic heterocycles. The SMILES string of the molecule is Cc1cc(C)n2nc(CC(=O)N3CCC[C@@H](C(F)(F)F)C3)nc2n1. The lowest BCUT2D eigenvalue weighted by molar-refractivity contribution is -0.187. The Balaban J connectivity index is 1.74. The van der Waals surface area contributed by atoms with Crippen LogP contribution in [0.5, 0.6) is 0 Å². The number of hydrogen-bond acceptors (Lipinski definition) is 4. The lowest BCUT2D eigenvalue weighted by atomic mass is 9.97. The number of halogens is 3. The van der Waals surface area contributed by atoms with Gasteiger partial charge >= 0.3 is 6.18 Å². The Labute approximate surface area is 136 Å². The summed E-state index contributed by atoms with van der Waals surface area (Å²) < 4.78 is 40.1. The monoisotopic (exact) mass is 341 g/mol. The maximum Gasteiger partial charge on any atom is 0.393 e. The molecule has 0 bridgehead atoms. The smallest absolute Gasteiger partial charge is 0.342 e. The summed E-state index contributed by atoms with van der Waals surface area (Å²) in [5, 5.41) is 4.23. The molecule has 2 aromatic heterocycles. The number of fused-ring (bicyclic) bond motifs is 1. The molecule has 9 heteroatoms. The van der Waals surface area contributed by atoms with E-state index in [-0.39, 0.29) is 31.1 Å². The predicted molar refractivity (Wildman–Crippen MR) is 79.3 cm³/mol. The molecule has 0 aromatic carbocycles. The van der Waals surface area contributed by atoms with Gasteiger partial charge in [0.1, 0.15) is 0 Å². The molecule has 6 nitrogen and oxygen atoms in total. The number of aryl methyl sites for hydroxylation is 2. The molecular formula is C15H18F3N5O. The molecule has 1 atom stereocenters. The Morgan fingerprint density at radius 3 is 2.79 bits per heavy atom. The van der Waals surface area contributed by atoms with Crippen LogP contribution < -0.4 is 0 Å². The van der Waals surface area contributed by atoms with E-state index >= 15 is 0 Å². The van der Waals surface area contributed by atoms with Crippen molar-refractivity contribution < 1.29 is 18.0 Å². The number of likely N-dealkylation sites (tertiary alicyclic amines) is 1. The average Bonchev–Trinajstić information content (AvgIpc) is 2.89. The van der Waals surface area contributed by atoms with Gasteiger partial charge in [0.25, 0.3) is 5.78 Å². The molecule has 130 valence electrons. The van der Waals surface area contributed by atoms with Crippen LogP contribution in [-0.4, -0.2) is 49.7 Å². The van der Waals surface area contributed by atoms with Crippen molar-refractivity contribution in [1.82, 2.24) is 24.5 Å². The fraction of sp³-hybridized carbons (Fsp3) is 0.600. The zero-order valence-electron chi connectivity index (χ0n) is 13.5. The van der Waals surface area contributed by atoms with Crippen LogP contribution in [0.25, 0.3) is 5.78 Å². The molecule has 1 saturated heterocycles. The summed E-state index contributed by atoms with van der Waals surface area (Å²) >= 11 is 0. The van der Waals surface area contributed by atoms with Gasteiger partial charge in [0, 0.05) is 24.5 Å². The first-order chi connectivity index (χ1) is 11.2. The maximum atomic E-state index is 12.9. The Hall–Kier alpha value is -2.19. The van der Waals surface area contributed by atoms with Gasteiger partial charge in [-0.15, -0.1) is 5.10 Å². The van der Waals surface area contributed by atoms with Crippen molar-refractivity contribution in [3.05, 3.63) is 23.3 Å². The summed E-state index contributed by atoms with van der Waals surface area (Å²) in [6, 6.07) is 1.84. The molecule has 0 N–H and O–H groups in total. The summed E-state index contributed by atoms with van der Waals surface area (Å²) in [7, 11) is 0. The van der Waals surface area contributed by atoms with Gasteiger partial charge in [-0.3, -0.25) is 4.79 Å². The highest BCUT2D eigenvalue weighted by atomic mass is 19.4. The second kappa shape index (κ2) is 6.03. The highest BCUT2D eigenvalue weighted by Gasteiger charge is 2.42. The van der Waals surface area contributed by atoms with Crippen LogP contribution in [0, 0.1) is 19.8 Å². The van der Waals surface area contributed by atoms with Crippen molar-refractivity contribution in [3.63, 3.8) is 0 Å². The van der Waals surface area contributed by atoms with Gasteiger partial charge in [-0.1, -0.05) is 0 Å². The lowest BCUT2D eigenvalue weighted by Gasteiger charge is -2.33. The molecule has 3 heterocycles. The Morgan fingerprint density at radius 1 is 1.33 bits per heavy atom. The molecule has 0 radical (unpaired) electrons. The number of amides is 1. The third kappa shape index (κ3) is 3.34. The zero-order chi connectivity index (χ0) is 17.5. The van der Waals surface area contributed by atoms with Crippen molar-refractivity contribution in [2.75, 3.05) is 13.1 Å². The number of piperidine rings is 1. The van der Waals surface area contributed by atoms with E-state index in [0.29, 0.717) is 18.7 Å². The number of alkyl halides is 3. The number of carbonyl (C=O) groups is 1. The second-order valence-corrected chi connectivity index (χ2v) is 6.18. The molecule has 0 spiro atoms. The van der Waals surface area contributed by atoms with E-state index in [1.54, 1.807) is 0 Å². The minimum atomic E-state index is -4.27. The van der Waals surface area contributed by atoms with E-state index in [9.17, 15) is 18.0 Å². The van der Waals surface area contributed by atoms with E-state index < -0.39 is 12.1 Å². The first-order valence-electron chi connectivity index (χ1n) is 7.78. The fourth-order valence-electron chi connectivity index (χ4n) is 3.00. The van der Waals surface area contributed by atoms with Crippen LogP contribution in [0.4, 0.5) is 13.2 Å². The molecule has 1 aliphatic rings. The summed E-state index contributed by atoms with van der Waals surface area (Å²) in [5.74, 6) is -1.16. The first-order valence-corrected chi connectivity index (χ1v) is 7.78. The van der Waals surface area contributed by atoms with Crippen LogP contribution in [-0.2, 0) is 11.2 Å². The van der Waals surface area contributed by atoms with E-state index in [2.05, 4.69) is 15.1 Å². The number of nitrogens with zero attached hydrogens (tertiary/aromatic N) is 5. The quantitative estimate of drug-likeness (QED) is 0.839. The average molecular weight is 341 g/mol. The maximum absolute atomic E-state index is 12.9. The van der Waals surface area contributed by atoms with Gasteiger partial charge < -0.3 is 4.90 Å². The lowest BCUT2D eigenvalue weighted by Crippen LogP contribution is -2.45. The summed E-state index contributed by atoms with van der Waals surface area (Å²) in [5.41, 5.74) is 1.62. The highest BCUT2D eigenvalue weighted by molar-refractivity contribution is 5.78. The van der Waals surface area contributed by atoms with Crippen LogP contribution >= 0.6 is 0 Å². The first kappa shape index (κ1) is 16.7. The summed E-state index contributed by atoms with van der Waals surface area (Å²) in [6.45, 7) is 3.74. The molecule has 3 rings (SSSR count). The van der Waals surface area contributed by atoms with Gasteiger partial charge in [0.2, 0.25) is 5.91 Å². The highest BCUT2D eigenvalue weighted by Crippen LogP contribution is 2.33. The van der Waals surface area contributed by atoms with Crippen LogP contribution in [0.2, 0.25) is 0 Å². The van der Waals surface area contributed by atoms with Crippen molar-refractivity contribution in [3.8, 4) is 0 Å². The molecule has 1 fully saturated rings. The van der Waals surface area contributed by atoms with Gasteiger partial charge in [0.15, 0.2) is 5.82 Å². The molecule has 0 aliphatic carbocycles.